The number of aromatic nitrogens is 2. The first-order valence-electron chi connectivity index (χ1n) is 7.72. The molecule has 1 amide bonds. The minimum Gasteiger partial charge on any atom is -0.494 e. The second kappa shape index (κ2) is 4.71. The number of nitrogens with two attached hydrogens (primary N) is 1. The molecule has 6 heteroatoms. The van der Waals surface area contributed by atoms with Gasteiger partial charge in [0.2, 0.25) is 0 Å². The van der Waals surface area contributed by atoms with Gasteiger partial charge in [0.15, 0.2) is 0 Å². The molecule has 0 aromatic carbocycles. The molecule has 4 rings (SSSR count). The van der Waals surface area contributed by atoms with E-state index in [1.54, 1.807) is 24.0 Å². The van der Waals surface area contributed by atoms with E-state index in [0.717, 1.165) is 19.3 Å². The first-order chi connectivity index (χ1) is 10.7. The normalized spacial score (nSPS) is 25.5. The number of carbonyl (C=O) groups is 1. The van der Waals surface area contributed by atoms with Gasteiger partial charge in [-0.1, -0.05) is 6.42 Å². The fourth-order valence-corrected chi connectivity index (χ4v) is 3.91. The molecule has 2 aromatic heterocycles. The highest BCUT2D eigenvalue weighted by molar-refractivity contribution is 6.02. The lowest BCUT2D eigenvalue weighted by atomic mass is 9.50. The molecule has 0 aliphatic heterocycles. The van der Waals surface area contributed by atoms with Crippen molar-refractivity contribution in [1.82, 2.24) is 14.9 Å². The van der Waals surface area contributed by atoms with Crippen molar-refractivity contribution in [2.24, 2.45) is 11.1 Å². The van der Waals surface area contributed by atoms with Crippen LogP contribution in [-0.2, 0) is 0 Å². The Labute approximate surface area is 128 Å². The number of pyridine rings is 1. The highest BCUT2D eigenvalue weighted by atomic mass is 16.5. The summed E-state index contributed by atoms with van der Waals surface area (Å²) in [6.07, 6.45) is 7.72. The number of hydrogen-bond donors (Lipinski definition) is 2. The Morgan fingerprint density at radius 2 is 2.36 bits per heavy atom. The third-order valence-electron chi connectivity index (χ3n) is 5.48. The summed E-state index contributed by atoms with van der Waals surface area (Å²) in [7, 11) is 1.60. The van der Waals surface area contributed by atoms with Crippen LogP contribution < -0.4 is 15.8 Å². The maximum Gasteiger partial charge on any atom is 0.255 e. The van der Waals surface area contributed by atoms with Crippen LogP contribution in [0.1, 0.15) is 36.0 Å². The largest absolute Gasteiger partial charge is 0.494 e. The Kier molecular flexibility index (Phi) is 2.91. The first kappa shape index (κ1) is 13.6. The predicted octanol–water partition coefficient (Wildman–Crippen LogP) is 1.34. The van der Waals surface area contributed by atoms with Gasteiger partial charge < -0.3 is 15.8 Å². The number of carbonyl (C=O) groups excluding carboxylic acids is 1. The highest BCUT2D eigenvalue weighted by Gasteiger charge is 2.57. The minimum absolute atomic E-state index is 0.0947. The topological polar surface area (TPSA) is 81.7 Å². The molecule has 22 heavy (non-hydrogen) atoms. The molecular weight excluding hydrogens is 280 g/mol. The molecule has 0 radical (unpaired) electrons. The smallest absolute Gasteiger partial charge is 0.255 e. The summed E-state index contributed by atoms with van der Waals surface area (Å²) >= 11 is 0. The van der Waals surface area contributed by atoms with E-state index in [9.17, 15) is 4.79 Å². The number of rotatable bonds is 3. The summed E-state index contributed by atoms with van der Waals surface area (Å²) in [5, 5.41) is 7.39. The SMILES string of the molecule is COc1cccn2ncc(C(=O)NC3CC(N)C34CCC4)c12. The predicted molar refractivity (Wildman–Crippen MR) is 81.9 cm³/mol. The standard InChI is InChI=1S/C16H20N4O2/c1-22-11-4-2-7-20-14(11)10(9-18-20)15(21)19-13-8-12(17)16(13)5-3-6-16/h2,4,7,9,12-13H,3,5-6,8,17H2,1H3,(H,19,21). The third-order valence-corrected chi connectivity index (χ3v) is 5.48. The zero-order valence-corrected chi connectivity index (χ0v) is 12.6. The van der Waals surface area contributed by atoms with E-state index in [4.69, 9.17) is 10.5 Å². The summed E-state index contributed by atoms with van der Waals surface area (Å²) in [6, 6.07) is 4.09. The molecule has 2 aliphatic rings. The fourth-order valence-electron chi connectivity index (χ4n) is 3.91. The van der Waals surface area contributed by atoms with E-state index < -0.39 is 0 Å². The van der Waals surface area contributed by atoms with Gasteiger partial charge in [0.25, 0.3) is 5.91 Å². The van der Waals surface area contributed by atoms with Crippen LogP contribution in [0.25, 0.3) is 5.52 Å². The Balaban J connectivity index is 1.61. The van der Waals surface area contributed by atoms with Crippen LogP contribution >= 0.6 is 0 Å². The van der Waals surface area contributed by atoms with Gasteiger partial charge in [-0.3, -0.25) is 4.79 Å². The number of ether oxygens (including phenoxy) is 1. The Morgan fingerprint density at radius 3 is 3.00 bits per heavy atom. The maximum atomic E-state index is 12.7. The van der Waals surface area contributed by atoms with E-state index in [1.807, 2.05) is 12.1 Å². The zero-order chi connectivity index (χ0) is 15.3. The van der Waals surface area contributed by atoms with Crippen LogP contribution in [-0.4, -0.2) is 34.7 Å². The lowest BCUT2D eigenvalue weighted by Gasteiger charge is -2.60. The molecule has 2 aromatic rings. The van der Waals surface area contributed by atoms with Crippen molar-refractivity contribution in [3.8, 4) is 5.75 Å². The van der Waals surface area contributed by atoms with Crippen molar-refractivity contribution in [2.45, 2.75) is 37.8 Å². The lowest BCUT2D eigenvalue weighted by Crippen LogP contribution is -2.69. The quantitative estimate of drug-likeness (QED) is 0.896. The van der Waals surface area contributed by atoms with Crippen molar-refractivity contribution in [3.63, 3.8) is 0 Å². The third kappa shape index (κ3) is 1.70. The number of nitrogens with one attached hydrogen (secondary N) is 1. The van der Waals surface area contributed by atoms with Crippen LogP contribution in [0.2, 0.25) is 0 Å². The van der Waals surface area contributed by atoms with Gasteiger partial charge in [0.1, 0.15) is 11.3 Å². The van der Waals surface area contributed by atoms with Gasteiger partial charge in [0.05, 0.1) is 18.9 Å². The van der Waals surface area contributed by atoms with E-state index >= 15 is 0 Å². The van der Waals surface area contributed by atoms with Gasteiger partial charge in [0, 0.05) is 23.7 Å². The summed E-state index contributed by atoms with van der Waals surface area (Å²) in [5.41, 5.74) is 7.54. The van der Waals surface area contributed by atoms with Gasteiger partial charge in [-0.25, -0.2) is 4.52 Å². The van der Waals surface area contributed by atoms with Crippen molar-refractivity contribution in [2.75, 3.05) is 7.11 Å². The Bertz CT molecular complexity index is 735. The molecule has 0 bridgehead atoms. The molecule has 2 fully saturated rings. The Morgan fingerprint density at radius 1 is 1.55 bits per heavy atom. The van der Waals surface area contributed by atoms with E-state index in [1.165, 1.54) is 6.42 Å². The van der Waals surface area contributed by atoms with Gasteiger partial charge >= 0.3 is 0 Å². The van der Waals surface area contributed by atoms with Gasteiger partial charge in [-0.2, -0.15) is 5.10 Å². The monoisotopic (exact) mass is 300 g/mol. The molecule has 2 unspecified atom stereocenters. The van der Waals surface area contributed by atoms with Crippen LogP contribution in [0.4, 0.5) is 0 Å². The van der Waals surface area contributed by atoms with Crippen LogP contribution in [0.15, 0.2) is 24.5 Å². The van der Waals surface area contributed by atoms with E-state index in [2.05, 4.69) is 10.4 Å². The molecule has 3 N–H and O–H groups in total. The van der Waals surface area contributed by atoms with E-state index in [-0.39, 0.29) is 23.4 Å². The van der Waals surface area contributed by atoms with Gasteiger partial charge in [-0.15, -0.1) is 0 Å². The number of amides is 1. The second-order valence-corrected chi connectivity index (χ2v) is 6.38. The number of fused-ring (bicyclic) bond motifs is 1. The molecule has 2 atom stereocenters. The van der Waals surface area contributed by atoms with Crippen molar-refractivity contribution in [1.29, 1.82) is 0 Å². The summed E-state index contributed by atoms with van der Waals surface area (Å²) in [6.45, 7) is 0. The highest BCUT2D eigenvalue weighted by Crippen LogP contribution is 2.55. The van der Waals surface area contributed by atoms with Crippen LogP contribution in [0.5, 0.6) is 5.75 Å². The second-order valence-electron chi connectivity index (χ2n) is 6.38. The Hall–Kier alpha value is -2.08. The number of methoxy groups -OCH3 is 1. The molecular formula is C16H20N4O2. The van der Waals surface area contributed by atoms with Crippen LogP contribution in [0, 0.1) is 5.41 Å². The molecule has 2 aliphatic carbocycles. The summed E-state index contributed by atoms with van der Waals surface area (Å²) < 4.78 is 7.02. The zero-order valence-electron chi connectivity index (χ0n) is 12.6. The molecule has 1 spiro atoms. The van der Waals surface area contributed by atoms with Crippen molar-refractivity contribution >= 4 is 11.4 Å². The average Bonchev–Trinajstić information content (AvgIpc) is 2.88. The maximum absolute atomic E-state index is 12.7. The van der Waals surface area contributed by atoms with Crippen LogP contribution in [0.3, 0.4) is 0 Å². The van der Waals surface area contributed by atoms with Gasteiger partial charge in [-0.05, 0) is 31.4 Å². The molecule has 2 saturated carbocycles. The average molecular weight is 300 g/mol. The van der Waals surface area contributed by atoms with E-state index in [0.29, 0.717) is 16.8 Å². The molecule has 6 nitrogen and oxygen atoms in total. The first-order valence-corrected chi connectivity index (χ1v) is 7.72. The summed E-state index contributed by atoms with van der Waals surface area (Å²) in [4.78, 5) is 12.7. The van der Waals surface area contributed by atoms with Crippen molar-refractivity contribution < 1.29 is 9.53 Å². The minimum atomic E-state index is -0.0947. The number of nitrogens with zero attached hydrogens (tertiary/aromatic N) is 2. The molecule has 116 valence electrons. The lowest BCUT2D eigenvalue weighted by molar-refractivity contribution is -0.0389. The fraction of sp³-hybridized carbons (Fsp3) is 0.500. The van der Waals surface area contributed by atoms with Crippen molar-refractivity contribution in [3.05, 3.63) is 30.1 Å². The molecule has 2 heterocycles. The number of hydrogen-bond acceptors (Lipinski definition) is 4. The summed E-state index contributed by atoms with van der Waals surface area (Å²) in [5.74, 6) is 0.552. The molecule has 0 saturated heterocycles.